The number of hydrogen-bond donors (Lipinski definition) is 2. The van der Waals surface area contributed by atoms with Crippen LogP contribution < -0.4 is 21.1 Å². The van der Waals surface area contributed by atoms with Gasteiger partial charge in [0.1, 0.15) is 5.75 Å². The third-order valence-electron chi connectivity index (χ3n) is 7.38. The highest BCUT2D eigenvalue weighted by molar-refractivity contribution is 5.79. The summed E-state index contributed by atoms with van der Waals surface area (Å²) in [6.45, 7) is 3.06. The van der Waals surface area contributed by atoms with Gasteiger partial charge in [-0.15, -0.1) is 0 Å². The summed E-state index contributed by atoms with van der Waals surface area (Å²) in [4.78, 5) is 2.20. The second-order valence-electron chi connectivity index (χ2n) is 10.6. The second-order valence-corrected chi connectivity index (χ2v) is 10.6. The highest BCUT2D eigenvalue weighted by atomic mass is 16.5. The summed E-state index contributed by atoms with van der Waals surface area (Å²) in [5.41, 5.74) is 18.9. The smallest absolute Gasteiger partial charge is 0.119 e. The van der Waals surface area contributed by atoms with Gasteiger partial charge in [-0.2, -0.15) is 0 Å². The van der Waals surface area contributed by atoms with Gasteiger partial charge >= 0.3 is 0 Å². The molecule has 0 aliphatic carbocycles. The monoisotopic (exact) mass is 535 g/mol. The fourth-order valence-corrected chi connectivity index (χ4v) is 5.02. The number of ether oxygens (including phenoxy) is 1. The molecule has 0 bridgehead atoms. The lowest BCUT2D eigenvalue weighted by Gasteiger charge is -2.26. The minimum atomic E-state index is 0.743. The van der Waals surface area contributed by atoms with Crippen molar-refractivity contribution < 1.29 is 4.74 Å². The van der Waals surface area contributed by atoms with Crippen molar-refractivity contribution in [1.29, 1.82) is 0 Å². The van der Waals surface area contributed by atoms with Crippen molar-refractivity contribution in [3.05, 3.63) is 97.1 Å². The first-order chi connectivity index (χ1) is 19.6. The van der Waals surface area contributed by atoms with E-state index in [1.54, 1.807) is 0 Å². The number of nitrogen functional groups attached to an aromatic ring is 2. The van der Waals surface area contributed by atoms with E-state index in [-0.39, 0.29) is 0 Å². The molecule has 4 nitrogen and oxygen atoms in total. The number of unbranched alkanes of at least 4 members (excludes halogenated alkanes) is 9. The van der Waals surface area contributed by atoms with Gasteiger partial charge in [0.2, 0.25) is 0 Å². The van der Waals surface area contributed by atoms with Crippen LogP contribution in [0.4, 0.5) is 28.4 Å². The van der Waals surface area contributed by atoms with Gasteiger partial charge in [-0.25, -0.2) is 0 Å². The third kappa shape index (κ3) is 8.81. The second kappa shape index (κ2) is 15.6. The van der Waals surface area contributed by atoms with E-state index in [9.17, 15) is 0 Å². The number of rotatable bonds is 16. The Morgan fingerprint density at radius 2 is 0.850 bits per heavy atom. The molecule has 0 aliphatic heterocycles. The van der Waals surface area contributed by atoms with Gasteiger partial charge in [0.25, 0.3) is 0 Å². The van der Waals surface area contributed by atoms with Crippen LogP contribution in [0.5, 0.6) is 5.75 Å². The molecule has 0 saturated heterocycles. The van der Waals surface area contributed by atoms with Crippen LogP contribution in [0.3, 0.4) is 0 Å². The van der Waals surface area contributed by atoms with E-state index in [2.05, 4.69) is 60.4 Å². The van der Waals surface area contributed by atoms with Crippen LogP contribution in [0.1, 0.15) is 71.1 Å². The molecule has 0 atom stereocenters. The number of nitrogens with two attached hydrogens (primary N) is 2. The van der Waals surface area contributed by atoms with Crippen molar-refractivity contribution in [2.45, 2.75) is 71.1 Å². The van der Waals surface area contributed by atoms with Crippen LogP contribution in [0.25, 0.3) is 11.1 Å². The van der Waals surface area contributed by atoms with E-state index in [0.29, 0.717) is 0 Å². The first kappa shape index (κ1) is 29.1. The summed E-state index contributed by atoms with van der Waals surface area (Å²) >= 11 is 0. The van der Waals surface area contributed by atoms with Gasteiger partial charge in [0, 0.05) is 28.4 Å². The lowest BCUT2D eigenvalue weighted by molar-refractivity contribution is 0.304. The lowest BCUT2D eigenvalue weighted by atomic mass is 10.0. The van der Waals surface area contributed by atoms with Crippen molar-refractivity contribution in [2.24, 2.45) is 0 Å². The van der Waals surface area contributed by atoms with Crippen LogP contribution in [-0.2, 0) is 0 Å². The maximum atomic E-state index is 6.01. The van der Waals surface area contributed by atoms with Gasteiger partial charge in [0.15, 0.2) is 0 Å². The highest BCUT2D eigenvalue weighted by Gasteiger charge is 2.12. The lowest BCUT2D eigenvalue weighted by Crippen LogP contribution is -2.10. The Bertz CT molecular complexity index is 1200. The van der Waals surface area contributed by atoms with Crippen molar-refractivity contribution in [1.82, 2.24) is 0 Å². The topological polar surface area (TPSA) is 64.5 Å². The molecule has 0 unspecified atom stereocenters. The van der Waals surface area contributed by atoms with Crippen LogP contribution in [0.2, 0.25) is 0 Å². The summed E-state index contributed by atoms with van der Waals surface area (Å²) in [6, 6.07) is 32.9. The standard InChI is InChI=1S/C36H45N3O/c1-2-3-4-5-6-7-8-9-10-11-28-40-36-26-14-30(15-27-36)29-12-20-33(21-13-29)39(34-22-16-31(37)17-23-34)35-24-18-32(38)19-25-35/h12-27H,2-11,28,37-38H2,1H3. The number of anilines is 5. The van der Waals surface area contributed by atoms with Crippen LogP contribution in [0.15, 0.2) is 97.1 Å². The summed E-state index contributed by atoms with van der Waals surface area (Å²) in [5.74, 6) is 0.939. The van der Waals surface area contributed by atoms with E-state index in [0.717, 1.165) is 47.2 Å². The quantitative estimate of drug-likeness (QED) is 0.111. The minimum Gasteiger partial charge on any atom is -0.494 e. The van der Waals surface area contributed by atoms with Gasteiger partial charge in [-0.1, -0.05) is 89.0 Å². The van der Waals surface area contributed by atoms with Gasteiger partial charge < -0.3 is 21.1 Å². The summed E-state index contributed by atoms with van der Waals surface area (Å²) < 4.78 is 6.01. The average Bonchev–Trinajstić information content (AvgIpc) is 2.99. The molecule has 0 radical (unpaired) electrons. The molecule has 4 aromatic rings. The summed E-state index contributed by atoms with van der Waals surface area (Å²) in [7, 11) is 0. The Labute approximate surface area is 241 Å². The molecule has 40 heavy (non-hydrogen) atoms. The van der Waals surface area contributed by atoms with Crippen molar-refractivity contribution in [3.8, 4) is 16.9 Å². The molecule has 0 amide bonds. The fraction of sp³-hybridized carbons (Fsp3) is 0.333. The van der Waals surface area contributed by atoms with Crippen LogP contribution >= 0.6 is 0 Å². The van der Waals surface area contributed by atoms with Crippen molar-refractivity contribution >= 4 is 28.4 Å². The molecule has 0 fully saturated rings. The molecular formula is C36H45N3O. The average molecular weight is 536 g/mol. The van der Waals surface area contributed by atoms with Crippen LogP contribution in [-0.4, -0.2) is 6.61 Å². The Kier molecular flexibility index (Phi) is 11.3. The zero-order valence-electron chi connectivity index (χ0n) is 24.0. The van der Waals surface area contributed by atoms with Gasteiger partial charge in [0.05, 0.1) is 6.61 Å². The first-order valence-corrected chi connectivity index (χ1v) is 15.0. The Morgan fingerprint density at radius 1 is 0.475 bits per heavy atom. The maximum Gasteiger partial charge on any atom is 0.119 e. The highest BCUT2D eigenvalue weighted by Crippen LogP contribution is 2.36. The molecule has 0 aliphatic rings. The third-order valence-corrected chi connectivity index (χ3v) is 7.38. The number of nitrogens with zero attached hydrogens (tertiary/aromatic N) is 1. The number of benzene rings is 4. The summed E-state index contributed by atoms with van der Waals surface area (Å²) in [5, 5.41) is 0. The minimum absolute atomic E-state index is 0.743. The molecule has 0 heterocycles. The Morgan fingerprint density at radius 3 is 1.30 bits per heavy atom. The molecule has 4 rings (SSSR count). The molecule has 4 aromatic carbocycles. The zero-order valence-corrected chi connectivity index (χ0v) is 24.0. The molecular weight excluding hydrogens is 490 g/mol. The molecule has 4 N–H and O–H groups in total. The largest absolute Gasteiger partial charge is 0.494 e. The maximum absolute atomic E-state index is 6.01. The van der Waals surface area contributed by atoms with E-state index in [1.165, 1.54) is 68.9 Å². The van der Waals surface area contributed by atoms with Gasteiger partial charge in [-0.05, 0) is 90.3 Å². The van der Waals surface area contributed by atoms with Crippen molar-refractivity contribution in [2.75, 3.05) is 23.0 Å². The van der Waals surface area contributed by atoms with E-state index < -0.39 is 0 Å². The SMILES string of the molecule is CCCCCCCCCCCCOc1ccc(-c2ccc(N(c3ccc(N)cc3)c3ccc(N)cc3)cc2)cc1. The molecule has 0 spiro atoms. The Balaban J connectivity index is 1.29. The predicted molar refractivity (Wildman–Crippen MR) is 173 cm³/mol. The molecule has 0 aromatic heterocycles. The predicted octanol–water partition coefficient (Wildman–Crippen LogP) is 10.3. The molecule has 210 valence electrons. The number of hydrogen-bond acceptors (Lipinski definition) is 4. The van der Waals surface area contributed by atoms with E-state index in [1.807, 2.05) is 48.5 Å². The van der Waals surface area contributed by atoms with E-state index >= 15 is 0 Å². The normalized spacial score (nSPS) is 10.9. The van der Waals surface area contributed by atoms with E-state index in [4.69, 9.17) is 16.2 Å². The molecule has 4 heteroatoms. The molecule has 0 saturated carbocycles. The van der Waals surface area contributed by atoms with Crippen molar-refractivity contribution in [3.63, 3.8) is 0 Å². The first-order valence-electron chi connectivity index (χ1n) is 15.0. The Hall–Kier alpha value is -3.92. The zero-order chi connectivity index (χ0) is 28.0. The van der Waals surface area contributed by atoms with Crippen LogP contribution in [0, 0.1) is 0 Å². The van der Waals surface area contributed by atoms with Gasteiger partial charge in [-0.3, -0.25) is 0 Å². The fourth-order valence-electron chi connectivity index (χ4n) is 5.02. The summed E-state index contributed by atoms with van der Waals surface area (Å²) in [6.07, 6.45) is 13.4.